The standard InChI is InChI=1S/C20H22FN3O2/c1-15(17-6-8-19(21)9-7-17)22-23-20(25)18-4-2-16(3-5-18)14-24-10-12-26-13-11-24/h2-9H,10-14H2,1H3,(H,23,25)/b22-15+. The van der Waals surface area contributed by atoms with Gasteiger partial charge >= 0.3 is 0 Å². The number of amides is 1. The van der Waals surface area contributed by atoms with Crippen LogP contribution in [0.3, 0.4) is 0 Å². The molecule has 0 spiro atoms. The Bertz CT molecular complexity index is 767. The summed E-state index contributed by atoms with van der Waals surface area (Å²) in [6.07, 6.45) is 0. The average Bonchev–Trinajstić information content (AvgIpc) is 2.68. The third kappa shape index (κ3) is 4.97. The minimum Gasteiger partial charge on any atom is -0.379 e. The summed E-state index contributed by atoms with van der Waals surface area (Å²) in [6, 6.07) is 13.5. The lowest BCUT2D eigenvalue weighted by Gasteiger charge is -2.26. The molecule has 1 fully saturated rings. The van der Waals surface area contributed by atoms with E-state index in [2.05, 4.69) is 15.4 Å². The van der Waals surface area contributed by atoms with Gasteiger partial charge in [-0.15, -0.1) is 0 Å². The van der Waals surface area contributed by atoms with Crippen molar-refractivity contribution in [3.63, 3.8) is 0 Å². The van der Waals surface area contributed by atoms with E-state index in [0.29, 0.717) is 11.3 Å². The molecule has 0 unspecified atom stereocenters. The summed E-state index contributed by atoms with van der Waals surface area (Å²) >= 11 is 0. The molecule has 1 N–H and O–H groups in total. The van der Waals surface area contributed by atoms with Gasteiger partial charge in [0.05, 0.1) is 18.9 Å². The number of ether oxygens (including phenoxy) is 1. The van der Waals surface area contributed by atoms with Gasteiger partial charge in [0.15, 0.2) is 0 Å². The van der Waals surface area contributed by atoms with Crippen molar-refractivity contribution >= 4 is 11.6 Å². The summed E-state index contributed by atoms with van der Waals surface area (Å²) in [5.41, 5.74) is 5.62. The van der Waals surface area contributed by atoms with Gasteiger partial charge in [0.1, 0.15) is 5.82 Å². The molecule has 0 atom stereocenters. The Morgan fingerprint density at radius 3 is 2.35 bits per heavy atom. The maximum absolute atomic E-state index is 12.9. The number of nitrogens with one attached hydrogen (secondary N) is 1. The van der Waals surface area contributed by atoms with Crippen molar-refractivity contribution in [1.82, 2.24) is 10.3 Å². The molecule has 0 bridgehead atoms. The van der Waals surface area contributed by atoms with Crippen molar-refractivity contribution in [3.05, 3.63) is 71.0 Å². The van der Waals surface area contributed by atoms with Gasteiger partial charge in [0, 0.05) is 25.2 Å². The Hall–Kier alpha value is -2.57. The summed E-state index contributed by atoms with van der Waals surface area (Å²) in [5, 5.41) is 4.09. The first-order valence-electron chi connectivity index (χ1n) is 8.61. The highest BCUT2D eigenvalue weighted by atomic mass is 19.1. The zero-order chi connectivity index (χ0) is 18.4. The maximum atomic E-state index is 12.9. The van der Waals surface area contributed by atoms with Crippen LogP contribution in [-0.4, -0.2) is 42.8 Å². The molecule has 0 saturated carbocycles. The van der Waals surface area contributed by atoms with Gasteiger partial charge < -0.3 is 4.74 Å². The van der Waals surface area contributed by atoms with Gasteiger partial charge in [-0.05, 0) is 42.3 Å². The van der Waals surface area contributed by atoms with Gasteiger partial charge in [-0.25, -0.2) is 9.82 Å². The van der Waals surface area contributed by atoms with Crippen LogP contribution >= 0.6 is 0 Å². The lowest BCUT2D eigenvalue weighted by molar-refractivity contribution is 0.0342. The third-order valence-corrected chi connectivity index (χ3v) is 4.31. The number of morpholine rings is 1. The SMILES string of the molecule is C/C(=N\NC(=O)c1ccc(CN2CCOCC2)cc1)c1ccc(F)cc1. The van der Waals surface area contributed by atoms with Crippen LogP contribution in [0.15, 0.2) is 53.6 Å². The minimum absolute atomic E-state index is 0.274. The molecule has 1 aliphatic rings. The van der Waals surface area contributed by atoms with Crippen LogP contribution in [0.1, 0.15) is 28.4 Å². The number of benzene rings is 2. The molecule has 0 radical (unpaired) electrons. The predicted octanol–water partition coefficient (Wildman–Crippen LogP) is 2.81. The molecule has 6 heteroatoms. The van der Waals surface area contributed by atoms with Crippen molar-refractivity contribution in [2.45, 2.75) is 13.5 Å². The van der Waals surface area contributed by atoms with E-state index in [9.17, 15) is 9.18 Å². The highest BCUT2D eigenvalue weighted by Gasteiger charge is 2.11. The van der Waals surface area contributed by atoms with E-state index in [4.69, 9.17) is 4.74 Å². The molecule has 1 saturated heterocycles. The monoisotopic (exact) mass is 355 g/mol. The Balaban J connectivity index is 1.57. The Kier molecular flexibility index (Phi) is 6.09. The van der Waals surface area contributed by atoms with Crippen LogP contribution in [0.2, 0.25) is 0 Å². The normalized spacial score (nSPS) is 15.7. The van der Waals surface area contributed by atoms with Crippen LogP contribution in [0, 0.1) is 5.82 Å². The quantitative estimate of drug-likeness (QED) is 0.663. The van der Waals surface area contributed by atoms with Crippen molar-refractivity contribution < 1.29 is 13.9 Å². The fourth-order valence-corrected chi connectivity index (χ4v) is 2.73. The fraction of sp³-hybridized carbons (Fsp3) is 0.300. The van der Waals surface area contributed by atoms with Crippen LogP contribution in [0.25, 0.3) is 0 Å². The topological polar surface area (TPSA) is 53.9 Å². The molecule has 3 rings (SSSR count). The summed E-state index contributed by atoms with van der Waals surface area (Å²) < 4.78 is 18.3. The largest absolute Gasteiger partial charge is 0.379 e. The number of nitrogens with zero attached hydrogens (tertiary/aromatic N) is 2. The van der Waals surface area contributed by atoms with Gasteiger partial charge in [-0.3, -0.25) is 9.69 Å². The molecule has 1 heterocycles. The Morgan fingerprint density at radius 1 is 1.08 bits per heavy atom. The number of hydrogen-bond acceptors (Lipinski definition) is 4. The van der Waals surface area contributed by atoms with Crippen LogP contribution < -0.4 is 5.43 Å². The zero-order valence-electron chi connectivity index (χ0n) is 14.7. The van der Waals surface area contributed by atoms with Crippen molar-refractivity contribution in [2.75, 3.05) is 26.3 Å². The second-order valence-electron chi connectivity index (χ2n) is 6.23. The Morgan fingerprint density at radius 2 is 1.69 bits per heavy atom. The third-order valence-electron chi connectivity index (χ3n) is 4.31. The van der Waals surface area contributed by atoms with E-state index >= 15 is 0 Å². The van der Waals surface area contributed by atoms with Crippen molar-refractivity contribution in [1.29, 1.82) is 0 Å². The number of hydrogen-bond donors (Lipinski definition) is 1. The van der Waals surface area contributed by atoms with Gasteiger partial charge in [0.25, 0.3) is 5.91 Å². The zero-order valence-corrected chi connectivity index (χ0v) is 14.7. The first-order chi connectivity index (χ1) is 12.6. The molecular weight excluding hydrogens is 333 g/mol. The number of rotatable bonds is 5. The van der Waals surface area contributed by atoms with E-state index < -0.39 is 0 Å². The molecule has 26 heavy (non-hydrogen) atoms. The van der Waals surface area contributed by atoms with Crippen LogP contribution in [0.4, 0.5) is 4.39 Å². The first-order valence-corrected chi connectivity index (χ1v) is 8.61. The van der Waals surface area contributed by atoms with E-state index in [1.165, 1.54) is 12.1 Å². The smallest absolute Gasteiger partial charge is 0.271 e. The molecule has 2 aromatic rings. The van der Waals surface area contributed by atoms with Gasteiger partial charge in [-0.1, -0.05) is 24.3 Å². The molecule has 2 aromatic carbocycles. The Labute approximate surface area is 152 Å². The van der Waals surface area contributed by atoms with E-state index in [-0.39, 0.29) is 11.7 Å². The first kappa shape index (κ1) is 18.2. The molecular formula is C20H22FN3O2. The van der Waals surface area contributed by atoms with Crippen LogP contribution in [-0.2, 0) is 11.3 Å². The van der Waals surface area contributed by atoms with Crippen molar-refractivity contribution in [2.24, 2.45) is 5.10 Å². The summed E-state index contributed by atoms with van der Waals surface area (Å²) in [4.78, 5) is 14.6. The lowest BCUT2D eigenvalue weighted by atomic mass is 10.1. The average molecular weight is 355 g/mol. The predicted molar refractivity (Wildman–Crippen MR) is 98.6 cm³/mol. The number of carbonyl (C=O) groups is 1. The lowest BCUT2D eigenvalue weighted by Crippen LogP contribution is -2.35. The molecule has 0 aromatic heterocycles. The van der Waals surface area contributed by atoms with E-state index in [1.807, 2.05) is 12.1 Å². The second kappa shape index (κ2) is 8.69. The highest BCUT2D eigenvalue weighted by molar-refractivity contribution is 6.00. The van der Waals surface area contributed by atoms with Gasteiger partial charge in [0.2, 0.25) is 0 Å². The fourth-order valence-electron chi connectivity index (χ4n) is 2.73. The maximum Gasteiger partial charge on any atom is 0.271 e. The highest BCUT2D eigenvalue weighted by Crippen LogP contribution is 2.10. The number of carbonyl (C=O) groups excluding carboxylic acids is 1. The number of halogens is 1. The molecule has 1 amide bonds. The molecule has 136 valence electrons. The van der Waals surface area contributed by atoms with Crippen LogP contribution in [0.5, 0.6) is 0 Å². The molecule has 5 nitrogen and oxygen atoms in total. The minimum atomic E-state index is -0.303. The van der Waals surface area contributed by atoms with E-state index in [1.54, 1.807) is 31.2 Å². The summed E-state index contributed by atoms with van der Waals surface area (Å²) in [7, 11) is 0. The molecule has 1 aliphatic heterocycles. The summed E-state index contributed by atoms with van der Waals surface area (Å²) in [6.45, 7) is 6.02. The summed E-state index contributed by atoms with van der Waals surface area (Å²) in [5.74, 6) is -0.577. The molecule has 0 aliphatic carbocycles. The number of hydrazone groups is 1. The van der Waals surface area contributed by atoms with E-state index in [0.717, 1.165) is 44.0 Å². The second-order valence-corrected chi connectivity index (χ2v) is 6.23. The van der Waals surface area contributed by atoms with Crippen molar-refractivity contribution in [3.8, 4) is 0 Å². The van der Waals surface area contributed by atoms with Gasteiger partial charge in [-0.2, -0.15) is 5.10 Å².